The molecule has 0 saturated carbocycles. The second-order valence-corrected chi connectivity index (χ2v) is 6.17. The van der Waals surface area contributed by atoms with E-state index in [9.17, 15) is 4.79 Å². The fraction of sp³-hybridized carbons (Fsp3) is 0.368. The van der Waals surface area contributed by atoms with E-state index in [1.165, 1.54) is 5.56 Å². The van der Waals surface area contributed by atoms with Crippen molar-refractivity contribution in [3.63, 3.8) is 0 Å². The summed E-state index contributed by atoms with van der Waals surface area (Å²) in [7, 11) is 0. The van der Waals surface area contributed by atoms with Gasteiger partial charge in [0.2, 0.25) is 5.91 Å². The fourth-order valence-electron chi connectivity index (χ4n) is 2.81. The number of hydrogen-bond donors (Lipinski definition) is 1. The van der Waals surface area contributed by atoms with E-state index in [0.717, 1.165) is 38.5 Å². The highest BCUT2D eigenvalue weighted by molar-refractivity contribution is 5.80. The van der Waals surface area contributed by atoms with Gasteiger partial charge >= 0.3 is 0 Å². The lowest BCUT2D eigenvalue weighted by Crippen LogP contribution is -2.50. The standard InChI is InChI=1S/C19H24N4O2/c1-16-14-18(21-25-16)20-15-19(24)23-12-10-22(11-13-23)9-5-8-17-6-3-2-4-7-17/h2-8,14H,9-13,15H2,1H3,(H,20,21)/b8-5+. The van der Waals surface area contributed by atoms with Crippen molar-refractivity contribution in [1.82, 2.24) is 15.0 Å². The Morgan fingerprint density at radius 2 is 2.00 bits per heavy atom. The summed E-state index contributed by atoms with van der Waals surface area (Å²) in [4.78, 5) is 16.5. The average Bonchev–Trinajstić information content (AvgIpc) is 3.06. The van der Waals surface area contributed by atoms with Gasteiger partial charge in [0, 0.05) is 38.8 Å². The van der Waals surface area contributed by atoms with Crippen LogP contribution in [0.4, 0.5) is 5.82 Å². The van der Waals surface area contributed by atoms with Crippen molar-refractivity contribution in [1.29, 1.82) is 0 Å². The minimum Gasteiger partial charge on any atom is -0.360 e. The van der Waals surface area contributed by atoms with Crippen LogP contribution in [0.15, 0.2) is 47.0 Å². The van der Waals surface area contributed by atoms with Crippen LogP contribution in [0.2, 0.25) is 0 Å². The summed E-state index contributed by atoms with van der Waals surface area (Å²) in [5.74, 6) is 1.43. The van der Waals surface area contributed by atoms with Gasteiger partial charge in [-0.1, -0.05) is 47.6 Å². The molecule has 6 heteroatoms. The first-order valence-electron chi connectivity index (χ1n) is 8.59. The second kappa shape index (κ2) is 8.48. The molecule has 0 spiro atoms. The molecule has 0 radical (unpaired) electrons. The molecule has 6 nitrogen and oxygen atoms in total. The Labute approximate surface area is 148 Å². The van der Waals surface area contributed by atoms with Gasteiger partial charge in [-0.25, -0.2) is 0 Å². The number of carbonyl (C=O) groups is 1. The molecule has 1 amide bonds. The van der Waals surface area contributed by atoms with Gasteiger partial charge in [-0.3, -0.25) is 9.69 Å². The van der Waals surface area contributed by atoms with Crippen LogP contribution in [-0.2, 0) is 4.79 Å². The van der Waals surface area contributed by atoms with E-state index in [1.54, 1.807) is 6.07 Å². The smallest absolute Gasteiger partial charge is 0.242 e. The SMILES string of the molecule is Cc1cc(NCC(=O)N2CCN(C/C=C/c3ccccc3)CC2)no1. The molecule has 0 unspecified atom stereocenters. The number of aromatic nitrogens is 1. The molecular formula is C19H24N4O2. The van der Waals surface area contributed by atoms with Crippen LogP contribution < -0.4 is 5.32 Å². The number of rotatable bonds is 6. The largest absolute Gasteiger partial charge is 0.360 e. The predicted octanol–water partition coefficient (Wildman–Crippen LogP) is 2.25. The van der Waals surface area contributed by atoms with Gasteiger partial charge in [-0.15, -0.1) is 0 Å². The Balaban J connectivity index is 1.37. The number of carbonyl (C=O) groups excluding carboxylic acids is 1. The molecular weight excluding hydrogens is 316 g/mol. The van der Waals surface area contributed by atoms with Crippen molar-refractivity contribution in [3.8, 4) is 0 Å². The Morgan fingerprint density at radius 1 is 1.24 bits per heavy atom. The molecule has 1 N–H and O–H groups in total. The number of nitrogens with zero attached hydrogens (tertiary/aromatic N) is 3. The molecule has 3 rings (SSSR count). The van der Waals surface area contributed by atoms with Crippen molar-refractivity contribution in [2.24, 2.45) is 0 Å². The first kappa shape index (κ1) is 17.2. The number of amides is 1. The van der Waals surface area contributed by atoms with Crippen LogP contribution in [0.1, 0.15) is 11.3 Å². The normalized spacial score (nSPS) is 15.6. The molecule has 1 fully saturated rings. The van der Waals surface area contributed by atoms with Gasteiger partial charge in [0.25, 0.3) is 0 Å². The van der Waals surface area contributed by atoms with E-state index < -0.39 is 0 Å². The van der Waals surface area contributed by atoms with Crippen LogP contribution >= 0.6 is 0 Å². The summed E-state index contributed by atoms with van der Waals surface area (Å²) in [6, 6.07) is 12.1. The fourth-order valence-corrected chi connectivity index (χ4v) is 2.81. The summed E-state index contributed by atoms with van der Waals surface area (Å²) in [5, 5.41) is 6.84. The van der Waals surface area contributed by atoms with Crippen molar-refractivity contribution < 1.29 is 9.32 Å². The topological polar surface area (TPSA) is 61.6 Å². The highest BCUT2D eigenvalue weighted by atomic mass is 16.5. The molecule has 2 aromatic rings. The van der Waals surface area contributed by atoms with E-state index in [1.807, 2.05) is 30.0 Å². The van der Waals surface area contributed by atoms with Crippen molar-refractivity contribution >= 4 is 17.8 Å². The minimum atomic E-state index is 0.0973. The maximum absolute atomic E-state index is 12.3. The zero-order valence-corrected chi connectivity index (χ0v) is 14.5. The first-order chi connectivity index (χ1) is 12.2. The lowest BCUT2D eigenvalue weighted by atomic mass is 10.2. The summed E-state index contributed by atoms with van der Waals surface area (Å²) in [6.07, 6.45) is 4.32. The summed E-state index contributed by atoms with van der Waals surface area (Å²) < 4.78 is 4.98. The summed E-state index contributed by atoms with van der Waals surface area (Å²) >= 11 is 0. The van der Waals surface area contributed by atoms with Gasteiger partial charge in [0.1, 0.15) is 5.76 Å². The van der Waals surface area contributed by atoms with Crippen molar-refractivity contribution in [2.75, 3.05) is 44.6 Å². The number of benzene rings is 1. The predicted molar refractivity (Wildman–Crippen MR) is 98.2 cm³/mol. The maximum atomic E-state index is 12.3. The van der Waals surface area contributed by atoms with Crippen LogP contribution in [0.25, 0.3) is 6.08 Å². The first-order valence-corrected chi connectivity index (χ1v) is 8.59. The minimum absolute atomic E-state index is 0.0973. The van der Waals surface area contributed by atoms with Gasteiger partial charge < -0.3 is 14.7 Å². The van der Waals surface area contributed by atoms with Gasteiger partial charge in [0.05, 0.1) is 6.54 Å². The number of nitrogens with one attached hydrogen (secondary N) is 1. The highest BCUT2D eigenvalue weighted by Crippen LogP contribution is 2.08. The number of anilines is 1. The maximum Gasteiger partial charge on any atom is 0.242 e. The molecule has 0 aliphatic carbocycles. The highest BCUT2D eigenvalue weighted by Gasteiger charge is 2.20. The van der Waals surface area contributed by atoms with Crippen molar-refractivity contribution in [3.05, 3.63) is 53.8 Å². The lowest BCUT2D eigenvalue weighted by Gasteiger charge is -2.34. The Morgan fingerprint density at radius 3 is 2.68 bits per heavy atom. The molecule has 2 heterocycles. The average molecular weight is 340 g/mol. The molecule has 25 heavy (non-hydrogen) atoms. The molecule has 1 aliphatic rings. The zero-order chi connectivity index (χ0) is 17.5. The zero-order valence-electron chi connectivity index (χ0n) is 14.5. The van der Waals surface area contributed by atoms with Crippen LogP contribution in [0.3, 0.4) is 0 Å². The van der Waals surface area contributed by atoms with Gasteiger partial charge in [-0.05, 0) is 12.5 Å². The quantitative estimate of drug-likeness (QED) is 0.874. The number of piperazine rings is 1. The van der Waals surface area contributed by atoms with E-state index in [-0.39, 0.29) is 12.5 Å². The molecule has 132 valence electrons. The molecule has 1 aromatic carbocycles. The lowest BCUT2D eigenvalue weighted by molar-refractivity contribution is -0.130. The molecule has 1 saturated heterocycles. The van der Waals surface area contributed by atoms with Crippen molar-refractivity contribution in [2.45, 2.75) is 6.92 Å². The van der Waals surface area contributed by atoms with E-state index in [4.69, 9.17) is 4.52 Å². The molecule has 1 aromatic heterocycles. The third kappa shape index (κ3) is 5.19. The summed E-state index contributed by atoms with van der Waals surface area (Å²) in [5.41, 5.74) is 1.21. The third-order valence-corrected chi connectivity index (χ3v) is 4.25. The number of hydrogen-bond acceptors (Lipinski definition) is 5. The van der Waals surface area contributed by atoms with E-state index in [2.05, 4.69) is 39.7 Å². The molecule has 1 aliphatic heterocycles. The Kier molecular flexibility index (Phi) is 5.85. The van der Waals surface area contributed by atoms with Crippen LogP contribution in [-0.4, -0.2) is 60.1 Å². The third-order valence-electron chi connectivity index (χ3n) is 4.25. The van der Waals surface area contributed by atoms with E-state index in [0.29, 0.717) is 5.82 Å². The number of aryl methyl sites for hydroxylation is 1. The Hall–Kier alpha value is -2.60. The van der Waals surface area contributed by atoms with Gasteiger partial charge in [-0.2, -0.15) is 0 Å². The van der Waals surface area contributed by atoms with Crippen LogP contribution in [0.5, 0.6) is 0 Å². The Bertz CT molecular complexity index is 703. The molecule has 0 atom stereocenters. The second-order valence-electron chi connectivity index (χ2n) is 6.17. The molecule has 0 bridgehead atoms. The van der Waals surface area contributed by atoms with Gasteiger partial charge in [0.15, 0.2) is 5.82 Å². The monoisotopic (exact) mass is 340 g/mol. The summed E-state index contributed by atoms with van der Waals surface area (Å²) in [6.45, 7) is 6.30. The van der Waals surface area contributed by atoms with E-state index >= 15 is 0 Å². The van der Waals surface area contributed by atoms with Crippen LogP contribution in [0, 0.1) is 6.92 Å².